The van der Waals surface area contributed by atoms with Gasteiger partial charge in [0.15, 0.2) is 0 Å². The van der Waals surface area contributed by atoms with E-state index in [1.165, 1.54) is 31.7 Å². The molecule has 1 unspecified atom stereocenters. The molecule has 0 saturated heterocycles. The molecule has 2 N–H and O–H groups in total. The summed E-state index contributed by atoms with van der Waals surface area (Å²) in [7, 11) is 0. The van der Waals surface area contributed by atoms with Crippen LogP contribution in [0, 0.1) is 11.7 Å². The molecule has 0 aromatic heterocycles. The number of hydrogen-bond acceptors (Lipinski definition) is 2. The second kappa shape index (κ2) is 7.57. The Kier molecular flexibility index (Phi) is 6.03. The zero-order valence-electron chi connectivity index (χ0n) is 13.0. The number of halogens is 2. The van der Waals surface area contributed by atoms with Crippen LogP contribution in [-0.2, 0) is 0 Å². The molecule has 0 bridgehead atoms. The van der Waals surface area contributed by atoms with Crippen LogP contribution >= 0.6 is 11.6 Å². The van der Waals surface area contributed by atoms with Crippen molar-refractivity contribution in [2.45, 2.75) is 51.6 Å². The smallest absolute Gasteiger partial charge is 0.125 e. The van der Waals surface area contributed by atoms with Crippen molar-refractivity contribution < 1.29 is 4.39 Å². The minimum absolute atomic E-state index is 0.0451. The molecule has 1 atom stereocenters. The summed E-state index contributed by atoms with van der Waals surface area (Å²) in [5.74, 6) is 0.274. The molecule has 1 aromatic rings. The predicted octanol–water partition coefficient (Wildman–Crippen LogP) is 4.38. The molecule has 2 rings (SSSR count). The van der Waals surface area contributed by atoms with Crippen molar-refractivity contribution >= 4 is 11.6 Å². The van der Waals surface area contributed by atoms with Gasteiger partial charge in [0.2, 0.25) is 0 Å². The van der Waals surface area contributed by atoms with E-state index in [0.29, 0.717) is 23.5 Å². The standard InChI is InChI=1S/C17H26ClFN2/c1-12(2)11-21(16-5-3-4-6-16)17(10-20)13-7-14(18)9-15(19)8-13/h7-9,12,16-17H,3-6,10-11,20H2,1-2H3. The SMILES string of the molecule is CC(C)CN(C1CCCC1)C(CN)c1cc(F)cc(Cl)c1. The van der Waals surface area contributed by atoms with E-state index < -0.39 is 0 Å². The molecule has 1 aromatic carbocycles. The monoisotopic (exact) mass is 312 g/mol. The zero-order chi connectivity index (χ0) is 15.4. The first-order chi connectivity index (χ1) is 10.0. The molecule has 2 nitrogen and oxygen atoms in total. The highest BCUT2D eigenvalue weighted by atomic mass is 35.5. The van der Waals surface area contributed by atoms with Crippen LogP contribution in [0.1, 0.15) is 51.1 Å². The molecule has 0 spiro atoms. The Morgan fingerprint density at radius 3 is 2.48 bits per heavy atom. The largest absolute Gasteiger partial charge is 0.329 e. The average Bonchev–Trinajstić information content (AvgIpc) is 2.90. The highest BCUT2D eigenvalue weighted by molar-refractivity contribution is 6.30. The summed E-state index contributed by atoms with van der Waals surface area (Å²) >= 11 is 6.02. The highest BCUT2D eigenvalue weighted by Gasteiger charge is 2.29. The van der Waals surface area contributed by atoms with E-state index in [1.807, 2.05) is 6.07 Å². The summed E-state index contributed by atoms with van der Waals surface area (Å²) in [6, 6.07) is 5.38. The van der Waals surface area contributed by atoms with Gasteiger partial charge in [-0.2, -0.15) is 0 Å². The van der Waals surface area contributed by atoms with Gasteiger partial charge in [-0.05, 0) is 42.5 Å². The number of hydrogen-bond donors (Lipinski definition) is 1. The maximum absolute atomic E-state index is 13.7. The third kappa shape index (κ3) is 4.41. The van der Waals surface area contributed by atoms with Crippen LogP contribution in [0.15, 0.2) is 18.2 Å². The van der Waals surface area contributed by atoms with Gasteiger partial charge < -0.3 is 5.73 Å². The van der Waals surface area contributed by atoms with E-state index in [1.54, 1.807) is 6.07 Å². The van der Waals surface area contributed by atoms with E-state index in [0.717, 1.165) is 12.1 Å². The van der Waals surface area contributed by atoms with Crippen molar-refractivity contribution in [1.82, 2.24) is 4.90 Å². The van der Waals surface area contributed by atoms with Crippen LogP contribution < -0.4 is 5.73 Å². The van der Waals surface area contributed by atoms with E-state index in [9.17, 15) is 4.39 Å². The number of rotatable bonds is 6. The zero-order valence-corrected chi connectivity index (χ0v) is 13.7. The van der Waals surface area contributed by atoms with Crippen LogP contribution in [0.25, 0.3) is 0 Å². The van der Waals surface area contributed by atoms with E-state index in [4.69, 9.17) is 17.3 Å². The molecular formula is C17H26ClFN2. The van der Waals surface area contributed by atoms with Gasteiger partial charge in [0.05, 0.1) is 0 Å². The maximum Gasteiger partial charge on any atom is 0.125 e. The number of benzene rings is 1. The second-order valence-corrected chi connectivity index (χ2v) is 6.92. The molecule has 0 radical (unpaired) electrons. The lowest BCUT2D eigenvalue weighted by Gasteiger charge is -2.37. The number of nitrogens with two attached hydrogens (primary N) is 1. The topological polar surface area (TPSA) is 29.3 Å². The Labute approximate surface area is 132 Å². The van der Waals surface area contributed by atoms with Gasteiger partial charge in [-0.25, -0.2) is 4.39 Å². The first-order valence-corrected chi connectivity index (χ1v) is 8.31. The molecule has 1 fully saturated rings. The average molecular weight is 313 g/mol. The summed E-state index contributed by atoms with van der Waals surface area (Å²) in [6.07, 6.45) is 4.99. The molecule has 21 heavy (non-hydrogen) atoms. The van der Waals surface area contributed by atoms with E-state index >= 15 is 0 Å². The predicted molar refractivity (Wildman–Crippen MR) is 87.0 cm³/mol. The molecule has 0 aliphatic heterocycles. The Bertz CT molecular complexity index is 438. The quantitative estimate of drug-likeness (QED) is 0.844. The Morgan fingerprint density at radius 1 is 1.29 bits per heavy atom. The molecule has 4 heteroatoms. The Morgan fingerprint density at radius 2 is 1.95 bits per heavy atom. The van der Waals surface area contributed by atoms with Crippen molar-refractivity contribution in [3.63, 3.8) is 0 Å². The van der Waals surface area contributed by atoms with Crippen molar-refractivity contribution in [3.8, 4) is 0 Å². The first-order valence-electron chi connectivity index (χ1n) is 7.93. The molecule has 0 amide bonds. The van der Waals surface area contributed by atoms with Crippen LogP contribution in [0.2, 0.25) is 5.02 Å². The van der Waals surface area contributed by atoms with Crippen molar-refractivity contribution in [3.05, 3.63) is 34.6 Å². The van der Waals surface area contributed by atoms with Gasteiger partial charge >= 0.3 is 0 Å². The normalized spacial score (nSPS) is 17.9. The Balaban J connectivity index is 2.28. The summed E-state index contributed by atoms with van der Waals surface area (Å²) in [5, 5.41) is 0.444. The van der Waals surface area contributed by atoms with Crippen molar-refractivity contribution in [2.75, 3.05) is 13.1 Å². The summed E-state index contributed by atoms with van der Waals surface area (Å²) in [4.78, 5) is 2.47. The fraction of sp³-hybridized carbons (Fsp3) is 0.647. The van der Waals surface area contributed by atoms with Gasteiger partial charge in [0, 0.05) is 30.2 Å². The summed E-state index contributed by atoms with van der Waals surface area (Å²) in [5.41, 5.74) is 6.94. The number of nitrogens with zero attached hydrogens (tertiary/aromatic N) is 1. The third-order valence-corrected chi connectivity index (χ3v) is 4.48. The fourth-order valence-electron chi connectivity index (χ4n) is 3.42. The summed E-state index contributed by atoms with van der Waals surface area (Å²) < 4.78 is 13.7. The van der Waals surface area contributed by atoms with Crippen molar-refractivity contribution in [1.29, 1.82) is 0 Å². The van der Waals surface area contributed by atoms with E-state index in [-0.39, 0.29) is 11.9 Å². The summed E-state index contributed by atoms with van der Waals surface area (Å²) in [6.45, 7) is 5.91. The molecule has 1 aliphatic rings. The van der Waals surface area contributed by atoms with Crippen LogP contribution in [0.4, 0.5) is 4.39 Å². The maximum atomic E-state index is 13.7. The molecule has 0 heterocycles. The minimum Gasteiger partial charge on any atom is -0.329 e. The van der Waals surface area contributed by atoms with Gasteiger partial charge in [0.25, 0.3) is 0 Å². The van der Waals surface area contributed by atoms with Gasteiger partial charge in [0.1, 0.15) is 5.82 Å². The lowest BCUT2D eigenvalue weighted by atomic mass is 10.0. The van der Waals surface area contributed by atoms with Gasteiger partial charge in [-0.3, -0.25) is 4.90 Å². The van der Waals surface area contributed by atoms with Crippen LogP contribution in [0.3, 0.4) is 0 Å². The lowest BCUT2D eigenvalue weighted by molar-refractivity contribution is 0.121. The lowest BCUT2D eigenvalue weighted by Crippen LogP contribution is -2.42. The van der Waals surface area contributed by atoms with Gasteiger partial charge in [-0.15, -0.1) is 0 Å². The van der Waals surface area contributed by atoms with Crippen LogP contribution in [-0.4, -0.2) is 24.0 Å². The first kappa shape index (κ1) is 16.7. The van der Waals surface area contributed by atoms with Crippen LogP contribution in [0.5, 0.6) is 0 Å². The molecule has 1 aliphatic carbocycles. The third-order valence-electron chi connectivity index (χ3n) is 4.26. The van der Waals surface area contributed by atoms with Gasteiger partial charge in [-0.1, -0.05) is 38.3 Å². The Hall–Kier alpha value is -0.640. The molecular weight excluding hydrogens is 287 g/mol. The second-order valence-electron chi connectivity index (χ2n) is 6.48. The van der Waals surface area contributed by atoms with Crippen molar-refractivity contribution in [2.24, 2.45) is 11.7 Å². The highest BCUT2D eigenvalue weighted by Crippen LogP contribution is 2.32. The molecule has 1 saturated carbocycles. The van der Waals surface area contributed by atoms with E-state index in [2.05, 4.69) is 18.7 Å². The molecule has 118 valence electrons. The minimum atomic E-state index is -0.285. The fourth-order valence-corrected chi connectivity index (χ4v) is 3.65.